The second-order valence-electron chi connectivity index (χ2n) is 7.78. The standard InChI is InChI=1S/C24H21N3O5S/c1-15-4-7-19(8-5-15)26-16(2)24(17(3)28)22-14-18(6-13-23(22)26)25-33(31,32)21-11-9-20(10-12-21)27(29)30/h4-14,25H,1-3H3. The Morgan fingerprint density at radius 2 is 1.61 bits per heavy atom. The molecule has 8 nitrogen and oxygen atoms in total. The average molecular weight is 464 g/mol. The van der Waals surface area contributed by atoms with Gasteiger partial charge in [0.2, 0.25) is 0 Å². The van der Waals surface area contributed by atoms with Crippen molar-refractivity contribution in [3.8, 4) is 5.69 Å². The number of aryl methyl sites for hydroxylation is 1. The number of nitro groups is 1. The summed E-state index contributed by atoms with van der Waals surface area (Å²) in [6.45, 7) is 5.33. The Morgan fingerprint density at radius 1 is 0.970 bits per heavy atom. The van der Waals surface area contributed by atoms with E-state index in [1.54, 1.807) is 18.2 Å². The van der Waals surface area contributed by atoms with Crippen LogP contribution in [-0.4, -0.2) is 23.7 Å². The van der Waals surface area contributed by atoms with Crippen molar-refractivity contribution in [1.29, 1.82) is 0 Å². The van der Waals surface area contributed by atoms with E-state index in [2.05, 4.69) is 4.72 Å². The molecule has 3 aromatic carbocycles. The third-order valence-corrected chi connectivity index (χ3v) is 6.86. The average Bonchev–Trinajstić information content (AvgIpc) is 3.05. The number of non-ortho nitro benzene ring substituents is 1. The van der Waals surface area contributed by atoms with Gasteiger partial charge < -0.3 is 4.57 Å². The highest BCUT2D eigenvalue weighted by Gasteiger charge is 2.21. The number of nitro benzene ring substituents is 1. The van der Waals surface area contributed by atoms with Gasteiger partial charge in [-0.05, 0) is 63.2 Å². The number of hydrogen-bond donors (Lipinski definition) is 1. The molecule has 0 aliphatic rings. The minimum Gasteiger partial charge on any atom is -0.313 e. The number of hydrogen-bond acceptors (Lipinski definition) is 5. The number of benzene rings is 3. The fourth-order valence-electron chi connectivity index (χ4n) is 3.91. The van der Waals surface area contributed by atoms with E-state index in [0.29, 0.717) is 10.9 Å². The van der Waals surface area contributed by atoms with Gasteiger partial charge in [-0.1, -0.05) is 17.7 Å². The van der Waals surface area contributed by atoms with E-state index in [1.807, 2.05) is 42.7 Å². The van der Waals surface area contributed by atoms with Crippen molar-refractivity contribution >= 4 is 38.1 Å². The summed E-state index contributed by atoms with van der Waals surface area (Å²) in [5.41, 5.74) is 4.15. The summed E-state index contributed by atoms with van der Waals surface area (Å²) in [7, 11) is -3.98. The number of nitrogens with zero attached hydrogens (tertiary/aromatic N) is 2. The molecule has 4 rings (SSSR count). The predicted octanol–water partition coefficient (Wildman–Crippen LogP) is 5.16. The van der Waals surface area contributed by atoms with E-state index in [1.165, 1.54) is 19.1 Å². The number of Topliss-reactive ketones (excluding diaryl/α,β-unsaturated/α-hetero) is 1. The number of carbonyl (C=O) groups excluding carboxylic acids is 1. The van der Waals surface area contributed by atoms with E-state index in [-0.39, 0.29) is 22.1 Å². The van der Waals surface area contributed by atoms with Gasteiger partial charge in [0.05, 0.1) is 15.3 Å². The number of aromatic nitrogens is 1. The molecule has 1 aromatic heterocycles. The first-order valence-electron chi connectivity index (χ1n) is 10.1. The molecule has 9 heteroatoms. The summed E-state index contributed by atoms with van der Waals surface area (Å²) in [5.74, 6) is -0.126. The van der Waals surface area contributed by atoms with E-state index in [0.717, 1.165) is 34.6 Å². The zero-order valence-electron chi connectivity index (χ0n) is 18.2. The summed E-state index contributed by atoms with van der Waals surface area (Å²) >= 11 is 0. The largest absolute Gasteiger partial charge is 0.313 e. The number of ketones is 1. The van der Waals surface area contributed by atoms with Crippen molar-refractivity contribution in [2.24, 2.45) is 0 Å². The normalized spacial score (nSPS) is 11.5. The smallest absolute Gasteiger partial charge is 0.269 e. The fourth-order valence-corrected chi connectivity index (χ4v) is 4.96. The Kier molecular flexibility index (Phi) is 5.51. The van der Waals surface area contributed by atoms with Gasteiger partial charge in [0.1, 0.15) is 0 Å². The summed E-state index contributed by atoms with van der Waals surface area (Å²) in [6.07, 6.45) is 0. The highest BCUT2D eigenvalue weighted by molar-refractivity contribution is 7.92. The molecule has 33 heavy (non-hydrogen) atoms. The Labute approximate surface area is 190 Å². The molecule has 0 aliphatic heterocycles. The SMILES string of the molecule is CC(=O)c1c(C)n(-c2ccc(C)cc2)c2ccc(NS(=O)(=O)c3ccc([N+](=O)[O-])cc3)cc12. The maximum atomic E-state index is 12.8. The Hall–Kier alpha value is -3.98. The summed E-state index contributed by atoms with van der Waals surface area (Å²) in [4.78, 5) is 22.6. The molecule has 0 amide bonds. The molecule has 0 spiro atoms. The minimum atomic E-state index is -3.98. The lowest BCUT2D eigenvalue weighted by Crippen LogP contribution is -2.13. The first-order chi connectivity index (χ1) is 15.6. The maximum absolute atomic E-state index is 12.8. The number of nitrogens with one attached hydrogen (secondary N) is 1. The van der Waals surface area contributed by atoms with E-state index >= 15 is 0 Å². The van der Waals surface area contributed by atoms with Crippen LogP contribution in [0.5, 0.6) is 0 Å². The van der Waals surface area contributed by atoms with Gasteiger partial charge in [-0.2, -0.15) is 0 Å². The molecule has 0 saturated heterocycles. The minimum absolute atomic E-state index is 0.103. The van der Waals surface area contributed by atoms with Crippen LogP contribution in [0.25, 0.3) is 16.6 Å². The highest BCUT2D eigenvalue weighted by Crippen LogP contribution is 2.32. The van der Waals surface area contributed by atoms with Crippen LogP contribution in [0.3, 0.4) is 0 Å². The van der Waals surface area contributed by atoms with Crippen molar-refractivity contribution in [3.05, 3.63) is 93.7 Å². The molecule has 0 radical (unpaired) electrons. The molecule has 0 unspecified atom stereocenters. The molecule has 0 aliphatic carbocycles. The van der Waals surface area contributed by atoms with Crippen molar-refractivity contribution in [2.45, 2.75) is 25.7 Å². The molecule has 0 atom stereocenters. The molecule has 0 fully saturated rings. The van der Waals surface area contributed by atoms with Crippen molar-refractivity contribution in [3.63, 3.8) is 0 Å². The molecule has 1 heterocycles. The van der Waals surface area contributed by atoms with Crippen molar-refractivity contribution in [2.75, 3.05) is 4.72 Å². The van der Waals surface area contributed by atoms with Crippen LogP contribution in [0.15, 0.2) is 71.6 Å². The monoisotopic (exact) mass is 463 g/mol. The van der Waals surface area contributed by atoms with E-state index in [9.17, 15) is 23.3 Å². The lowest BCUT2D eigenvalue weighted by molar-refractivity contribution is -0.384. The molecule has 0 saturated carbocycles. The van der Waals surface area contributed by atoms with Gasteiger partial charge in [0.25, 0.3) is 15.7 Å². The van der Waals surface area contributed by atoms with Crippen molar-refractivity contribution in [1.82, 2.24) is 4.57 Å². The van der Waals surface area contributed by atoms with Gasteiger partial charge in [-0.25, -0.2) is 8.42 Å². The quantitative estimate of drug-likeness (QED) is 0.241. The van der Waals surface area contributed by atoms with E-state index < -0.39 is 14.9 Å². The number of fused-ring (bicyclic) bond motifs is 1. The predicted molar refractivity (Wildman–Crippen MR) is 127 cm³/mol. The molecule has 1 N–H and O–H groups in total. The van der Waals surface area contributed by atoms with Gasteiger partial charge in [0, 0.05) is 40.2 Å². The number of sulfonamides is 1. The van der Waals surface area contributed by atoms with Gasteiger partial charge in [0.15, 0.2) is 5.78 Å². The zero-order chi connectivity index (χ0) is 23.9. The Morgan fingerprint density at radius 3 is 2.18 bits per heavy atom. The lowest BCUT2D eigenvalue weighted by Gasteiger charge is -2.10. The van der Waals surface area contributed by atoms with Crippen LogP contribution in [0.1, 0.15) is 28.5 Å². The maximum Gasteiger partial charge on any atom is 0.269 e. The molecule has 168 valence electrons. The van der Waals surface area contributed by atoms with Gasteiger partial charge in [-0.15, -0.1) is 0 Å². The molecule has 4 aromatic rings. The van der Waals surface area contributed by atoms with Crippen LogP contribution in [0.4, 0.5) is 11.4 Å². The first-order valence-corrected chi connectivity index (χ1v) is 11.6. The third-order valence-electron chi connectivity index (χ3n) is 5.46. The first kappa shape index (κ1) is 22.2. The van der Waals surface area contributed by atoms with Crippen LogP contribution in [-0.2, 0) is 10.0 Å². The zero-order valence-corrected chi connectivity index (χ0v) is 19.0. The lowest BCUT2D eigenvalue weighted by atomic mass is 10.1. The molecule has 0 bridgehead atoms. The summed E-state index contributed by atoms with van der Waals surface area (Å²) in [5, 5.41) is 11.5. The van der Waals surface area contributed by atoms with Gasteiger partial charge >= 0.3 is 0 Å². The Balaban J connectivity index is 1.79. The van der Waals surface area contributed by atoms with Crippen LogP contribution in [0.2, 0.25) is 0 Å². The molecular weight excluding hydrogens is 442 g/mol. The molecular formula is C24H21N3O5S. The Bertz CT molecular complexity index is 1500. The highest BCUT2D eigenvalue weighted by atomic mass is 32.2. The van der Waals surface area contributed by atoms with Crippen LogP contribution < -0.4 is 4.72 Å². The topological polar surface area (TPSA) is 111 Å². The second-order valence-corrected chi connectivity index (χ2v) is 9.46. The summed E-state index contributed by atoms with van der Waals surface area (Å²) in [6, 6.07) is 17.6. The number of carbonyl (C=O) groups is 1. The number of rotatable bonds is 6. The summed E-state index contributed by atoms with van der Waals surface area (Å²) < 4.78 is 30.1. The van der Waals surface area contributed by atoms with Crippen LogP contribution in [0, 0.1) is 24.0 Å². The van der Waals surface area contributed by atoms with Crippen LogP contribution >= 0.6 is 0 Å². The number of anilines is 1. The third kappa shape index (κ3) is 4.10. The second kappa shape index (κ2) is 8.18. The van der Waals surface area contributed by atoms with Crippen molar-refractivity contribution < 1.29 is 18.1 Å². The van der Waals surface area contributed by atoms with Gasteiger partial charge in [-0.3, -0.25) is 19.6 Å². The van der Waals surface area contributed by atoms with E-state index in [4.69, 9.17) is 0 Å². The fraction of sp³-hybridized carbons (Fsp3) is 0.125.